The van der Waals surface area contributed by atoms with Crippen molar-refractivity contribution in [3.05, 3.63) is 58.6 Å². The lowest BCUT2D eigenvalue weighted by Crippen LogP contribution is -2.15. The summed E-state index contributed by atoms with van der Waals surface area (Å²) in [7, 11) is 0. The van der Waals surface area contributed by atoms with Crippen LogP contribution in [-0.4, -0.2) is 39.0 Å². The van der Waals surface area contributed by atoms with Gasteiger partial charge in [-0.15, -0.1) is 10.2 Å². The molecule has 0 aliphatic carbocycles. The predicted molar refractivity (Wildman–Crippen MR) is 123 cm³/mol. The van der Waals surface area contributed by atoms with Crippen molar-refractivity contribution in [2.45, 2.75) is 32.5 Å². The van der Waals surface area contributed by atoms with Crippen LogP contribution in [0.15, 0.2) is 47.6 Å². The first-order valence-electron chi connectivity index (χ1n) is 9.82. The lowest BCUT2D eigenvalue weighted by Gasteiger charge is -2.09. The molecule has 0 fully saturated rings. The van der Waals surface area contributed by atoms with Gasteiger partial charge in [0.2, 0.25) is 5.91 Å². The van der Waals surface area contributed by atoms with Crippen molar-refractivity contribution in [3.63, 3.8) is 0 Å². The number of rotatable bonds is 8. The topological polar surface area (TPSA) is 86.1 Å². The summed E-state index contributed by atoms with van der Waals surface area (Å²) in [5.74, 6) is 0.314. The van der Waals surface area contributed by atoms with E-state index in [1.165, 1.54) is 11.8 Å². The second-order valence-electron chi connectivity index (χ2n) is 6.65. The van der Waals surface area contributed by atoms with Crippen LogP contribution in [0.2, 0.25) is 5.02 Å². The number of thioether (sulfide) groups is 1. The number of benzene rings is 2. The highest BCUT2D eigenvalue weighted by molar-refractivity contribution is 7.99. The zero-order valence-corrected chi connectivity index (χ0v) is 19.1. The maximum absolute atomic E-state index is 12.4. The summed E-state index contributed by atoms with van der Waals surface area (Å²) in [5.41, 5.74) is 2.91. The summed E-state index contributed by atoms with van der Waals surface area (Å²) >= 11 is 7.55. The SMILES string of the molecule is CCOC(=O)c1ccc(NC(=O)CSc2nnc(-c3ccc(C)c(Cl)c3)n2CC)cc1. The van der Waals surface area contributed by atoms with Crippen LogP contribution in [0.4, 0.5) is 5.69 Å². The molecule has 7 nitrogen and oxygen atoms in total. The van der Waals surface area contributed by atoms with Crippen molar-refractivity contribution in [3.8, 4) is 11.4 Å². The van der Waals surface area contributed by atoms with E-state index in [4.69, 9.17) is 16.3 Å². The molecule has 0 saturated carbocycles. The number of hydrogen-bond donors (Lipinski definition) is 1. The number of aromatic nitrogens is 3. The highest BCUT2D eigenvalue weighted by atomic mass is 35.5. The van der Waals surface area contributed by atoms with Gasteiger partial charge < -0.3 is 14.6 Å². The van der Waals surface area contributed by atoms with Gasteiger partial charge in [0.05, 0.1) is 17.9 Å². The Morgan fingerprint density at radius 2 is 1.87 bits per heavy atom. The average molecular weight is 459 g/mol. The molecule has 162 valence electrons. The minimum atomic E-state index is -0.388. The minimum absolute atomic E-state index is 0.173. The number of ether oxygens (including phenoxy) is 1. The number of aryl methyl sites for hydroxylation is 1. The number of halogens is 1. The van der Waals surface area contributed by atoms with E-state index < -0.39 is 0 Å². The van der Waals surface area contributed by atoms with Gasteiger partial charge in [-0.2, -0.15) is 0 Å². The lowest BCUT2D eigenvalue weighted by molar-refractivity contribution is -0.113. The molecule has 0 spiro atoms. The molecule has 9 heteroatoms. The van der Waals surface area contributed by atoms with Crippen molar-refractivity contribution >= 4 is 40.9 Å². The number of nitrogens with zero attached hydrogens (tertiary/aromatic N) is 3. The van der Waals surface area contributed by atoms with E-state index >= 15 is 0 Å². The molecule has 0 aliphatic rings. The Morgan fingerprint density at radius 3 is 2.52 bits per heavy atom. The minimum Gasteiger partial charge on any atom is -0.462 e. The molecular formula is C22H23ClN4O3S. The largest absolute Gasteiger partial charge is 0.462 e. The van der Waals surface area contributed by atoms with Crippen LogP contribution >= 0.6 is 23.4 Å². The van der Waals surface area contributed by atoms with Crippen molar-refractivity contribution in [2.75, 3.05) is 17.7 Å². The molecule has 1 aromatic heterocycles. The first-order valence-corrected chi connectivity index (χ1v) is 11.2. The first kappa shape index (κ1) is 22.8. The Hall–Kier alpha value is -2.84. The Kier molecular flexibility index (Phi) is 7.70. The van der Waals surface area contributed by atoms with E-state index in [2.05, 4.69) is 15.5 Å². The number of esters is 1. The molecule has 0 bridgehead atoms. The van der Waals surface area contributed by atoms with Crippen LogP contribution in [0.3, 0.4) is 0 Å². The van der Waals surface area contributed by atoms with E-state index in [0.29, 0.717) is 40.4 Å². The molecule has 1 amide bonds. The van der Waals surface area contributed by atoms with Gasteiger partial charge in [-0.3, -0.25) is 4.79 Å². The van der Waals surface area contributed by atoms with Gasteiger partial charge in [-0.25, -0.2) is 4.79 Å². The first-order chi connectivity index (χ1) is 14.9. The fourth-order valence-electron chi connectivity index (χ4n) is 2.86. The van der Waals surface area contributed by atoms with Crippen LogP contribution < -0.4 is 5.32 Å². The fraction of sp³-hybridized carbons (Fsp3) is 0.273. The third kappa shape index (κ3) is 5.65. The standard InChI is InChI=1S/C22H23ClN4O3S/c1-4-27-20(16-7-6-14(3)18(23)12-16)25-26-22(27)31-13-19(28)24-17-10-8-15(9-11-17)21(29)30-5-2/h6-12H,4-5,13H2,1-3H3,(H,24,28). The molecule has 31 heavy (non-hydrogen) atoms. The molecule has 3 aromatic rings. The number of anilines is 1. The molecule has 3 rings (SSSR count). The number of amides is 1. The molecular weight excluding hydrogens is 436 g/mol. The van der Waals surface area contributed by atoms with Crippen LogP contribution in [0, 0.1) is 6.92 Å². The molecule has 1 N–H and O–H groups in total. The molecule has 0 saturated heterocycles. The predicted octanol–water partition coefficient (Wildman–Crippen LogP) is 4.83. The maximum Gasteiger partial charge on any atom is 0.338 e. The summed E-state index contributed by atoms with van der Waals surface area (Å²) < 4.78 is 6.90. The molecule has 1 heterocycles. The summed E-state index contributed by atoms with van der Waals surface area (Å²) in [4.78, 5) is 24.1. The van der Waals surface area contributed by atoms with Gasteiger partial charge in [0, 0.05) is 22.8 Å². The molecule has 0 atom stereocenters. The number of hydrogen-bond acceptors (Lipinski definition) is 6. The summed E-state index contributed by atoms with van der Waals surface area (Å²) in [6.07, 6.45) is 0. The second kappa shape index (κ2) is 10.5. The summed E-state index contributed by atoms with van der Waals surface area (Å²) in [6.45, 7) is 6.67. The molecule has 0 unspecified atom stereocenters. The van der Waals surface area contributed by atoms with E-state index in [0.717, 1.165) is 11.1 Å². The van der Waals surface area contributed by atoms with Crippen LogP contribution in [-0.2, 0) is 16.1 Å². The third-order valence-electron chi connectivity index (χ3n) is 4.48. The van der Waals surface area contributed by atoms with E-state index in [1.54, 1.807) is 31.2 Å². The summed E-state index contributed by atoms with van der Waals surface area (Å²) in [6, 6.07) is 12.3. The van der Waals surface area contributed by atoms with E-state index in [1.807, 2.05) is 36.6 Å². The second-order valence-corrected chi connectivity index (χ2v) is 8.00. The van der Waals surface area contributed by atoms with E-state index in [9.17, 15) is 9.59 Å². The number of carbonyl (C=O) groups excluding carboxylic acids is 2. The Balaban J connectivity index is 1.63. The Bertz CT molecular complexity index is 1080. The highest BCUT2D eigenvalue weighted by Gasteiger charge is 2.15. The smallest absolute Gasteiger partial charge is 0.338 e. The average Bonchev–Trinajstić information content (AvgIpc) is 3.18. The van der Waals surface area contributed by atoms with Gasteiger partial charge in [0.15, 0.2) is 11.0 Å². The molecule has 0 aliphatic heterocycles. The van der Waals surface area contributed by atoms with Crippen molar-refractivity contribution in [1.82, 2.24) is 14.8 Å². The number of nitrogens with one attached hydrogen (secondary N) is 1. The van der Waals surface area contributed by atoms with Gasteiger partial charge >= 0.3 is 5.97 Å². The monoisotopic (exact) mass is 458 g/mol. The zero-order chi connectivity index (χ0) is 22.4. The highest BCUT2D eigenvalue weighted by Crippen LogP contribution is 2.27. The quantitative estimate of drug-likeness (QED) is 0.384. The normalized spacial score (nSPS) is 10.7. The Morgan fingerprint density at radius 1 is 1.13 bits per heavy atom. The fourth-order valence-corrected chi connectivity index (χ4v) is 3.84. The van der Waals surface area contributed by atoms with Crippen molar-refractivity contribution in [2.24, 2.45) is 0 Å². The summed E-state index contributed by atoms with van der Waals surface area (Å²) in [5, 5.41) is 12.7. The van der Waals surface area contributed by atoms with Gasteiger partial charge in [-0.1, -0.05) is 35.5 Å². The van der Waals surface area contributed by atoms with Crippen molar-refractivity contribution in [1.29, 1.82) is 0 Å². The van der Waals surface area contributed by atoms with Gasteiger partial charge in [-0.05, 0) is 56.7 Å². The Labute approximate surface area is 190 Å². The van der Waals surface area contributed by atoms with Crippen LogP contribution in [0.1, 0.15) is 29.8 Å². The molecule has 2 aromatic carbocycles. The van der Waals surface area contributed by atoms with Gasteiger partial charge in [0.1, 0.15) is 0 Å². The third-order valence-corrected chi connectivity index (χ3v) is 5.85. The van der Waals surface area contributed by atoms with Gasteiger partial charge in [0.25, 0.3) is 0 Å². The zero-order valence-electron chi connectivity index (χ0n) is 17.5. The van der Waals surface area contributed by atoms with Crippen molar-refractivity contribution < 1.29 is 14.3 Å². The maximum atomic E-state index is 12.4. The van der Waals surface area contributed by atoms with Crippen LogP contribution in [0.5, 0.6) is 0 Å². The molecule has 0 radical (unpaired) electrons. The lowest BCUT2D eigenvalue weighted by atomic mass is 10.1. The number of carbonyl (C=O) groups is 2. The van der Waals surface area contributed by atoms with Crippen LogP contribution in [0.25, 0.3) is 11.4 Å². The van der Waals surface area contributed by atoms with E-state index in [-0.39, 0.29) is 17.6 Å².